The predicted molar refractivity (Wildman–Crippen MR) is 135 cm³/mol. The third kappa shape index (κ3) is 3.98. The van der Waals surface area contributed by atoms with Gasteiger partial charge in [-0.25, -0.2) is 4.39 Å². The lowest BCUT2D eigenvalue weighted by Crippen LogP contribution is -2.24. The normalized spacial score (nSPS) is 21.0. The molecule has 0 spiro atoms. The van der Waals surface area contributed by atoms with Crippen LogP contribution >= 0.6 is 0 Å². The van der Waals surface area contributed by atoms with E-state index in [9.17, 15) is 9.18 Å². The molecule has 3 aromatic rings. The van der Waals surface area contributed by atoms with Crippen molar-refractivity contribution >= 4 is 23.2 Å². The number of fused-ring (bicyclic) bond motifs is 2. The van der Waals surface area contributed by atoms with Crippen LogP contribution in [0.4, 0.5) is 10.1 Å². The fraction of sp³-hybridized carbons (Fsp3) is 0.345. The SMILES string of the molecule is O=C1Nc2cccc(-c3ccccc3F)c2/C1=C\c1cc2c([nH]1)CCC(CCN1CCCC1)C2. The minimum atomic E-state index is -0.287. The molecule has 0 radical (unpaired) electrons. The van der Waals surface area contributed by atoms with Crippen molar-refractivity contribution < 1.29 is 9.18 Å². The van der Waals surface area contributed by atoms with Gasteiger partial charge in [-0.15, -0.1) is 0 Å². The molecule has 1 saturated heterocycles. The standard InChI is InChI=1S/C29H30FN3O/c30-25-8-2-1-6-22(25)23-7-5-9-27-28(23)24(29(34)32-27)18-21-17-20-16-19(10-11-26(20)31-21)12-15-33-13-3-4-14-33/h1-2,5-9,17-19,31H,3-4,10-16H2,(H,32,34)/b24-18+. The second kappa shape index (κ2) is 8.88. The Morgan fingerprint density at radius 2 is 1.88 bits per heavy atom. The van der Waals surface area contributed by atoms with Gasteiger partial charge in [0, 0.05) is 28.2 Å². The Morgan fingerprint density at radius 3 is 2.74 bits per heavy atom. The summed E-state index contributed by atoms with van der Waals surface area (Å²) < 4.78 is 14.6. The van der Waals surface area contributed by atoms with Gasteiger partial charge in [0.05, 0.1) is 5.57 Å². The number of amides is 1. The summed E-state index contributed by atoms with van der Waals surface area (Å²) in [5.41, 5.74) is 6.95. The van der Waals surface area contributed by atoms with Gasteiger partial charge in [0.1, 0.15) is 5.82 Å². The molecule has 3 aliphatic rings. The molecule has 1 amide bonds. The summed E-state index contributed by atoms with van der Waals surface area (Å²) in [6.07, 6.45) is 9.28. The second-order valence-electron chi connectivity index (χ2n) is 9.89. The number of aromatic nitrogens is 1. The molecule has 0 bridgehead atoms. The Hall–Kier alpha value is -3.18. The van der Waals surface area contributed by atoms with Crippen molar-refractivity contribution in [3.8, 4) is 11.1 Å². The maximum absolute atomic E-state index is 14.6. The molecule has 1 aromatic heterocycles. The number of H-pyrrole nitrogens is 1. The summed E-state index contributed by atoms with van der Waals surface area (Å²) in [7, 11) is 0. The first-order valence-electron chi connectivity index (χ1n) is 12.5. The predicted octanol–water partition coefficient (Wildman–Crippen LogP) is 5.90. The zero-order valence-corrected chi connectivity index (χ0v) is 19.4. The molecular weight excluding hydrogens is 425 g/mol. The molecule has 34 heavy (non-hydrogen) atoms. The van der Waals surface area contributed by atoms with Gasteiger partial charge < -0.3 is 15.2 Å². The quantitative estimate of drug-likeness (QED) is 0.470. The molecule has 0 saturated carbocycles. The highest BCUT2D eigenvalue weighted by atomic mass is 19.1. The first kappa shape index (κ1) is 21.4. The maximum Gasteiger partial charge on any atom is 0.256 e. The summed E-state index contributed by atoms with van der Waals surface area (Å²) in [5, 5.41) is 2.96. The minimum Gasteiger partial charge on any atom is -0.359 e. The Bertz CT molecular complexity index is 1270. The molecule has 2 N–H and O–H groups in total. The number of nitrogens with zero attached hydrogens (tertiary/aromatic N) is 1. The molecular formula is C29H30FN3O. The van der Waals surface area contributed by atoms with E-state index < -0.39 is 0 Å². The fourth-order valence-electron chi connectivity index (χ4n) is 5.87. The van der Waals surface area contributed by atoms with Gasteiger partial charge in [-0.1, -0.05) is 30.3 Å². The molecule has 174 valence electrons. The largest absolute Gasteiger partial charge is 0.359 e. The highest BCUT2D eigenvalue weighted by Crippen LogP contribution is 2.41. The van der Waals surface area contributed by atoms with Crippen molar-refractivity contribution in [3.63, 3.8) is 0 Å². The monoisotopic (exact) mass is 455 g/mol. The molecule has 3 heterocycles. The second-order valence-corrected chi connectivity index (χ2v) is 9.89. The number of halogens is 1. The number of aromatic amines is 1. The number of carbonyl (C=O) groups excluding carboxylic acids is 1. The van der Waals surface area contributed by atoms with E-state index in [1.807, 2.05) is 30.3 Å². The summed E-state index contributed by atoms with van der Waals surface area (Å²) in [6, 6.07) is 14.6. The van der Waals surface area contributed by atoms with E-state index >= 15 is 0 Å². The van der Waals surface area contributed by atoms with Crippen LogP contribution in [0.1, 0.15) is 48.2 Å². The number of aryl methyl sites for hydroxylation is 1. The number of rotatable bonds is 5. The Labute approximate surface area is 199 Å². The number of hydrogen-bond donors (Lipinski definition) is 2. The highest BCUT2D eigenvalue weighted by Gasteiger charge is 2.29. The first-order valence-corrected chi connectivity index (χ1v) is 12.5. The van der Waals surface area contributed by atoms with E-state index in [4.69, 9.17) is 0 Å². The van der Waals surface area contributed by atoms with Crippen LogP contribution in [0.2, 0.25) is 0 Å². The summed E-state index contributed by atoms with van der Waals surface area (Å²) in [4.78, 5) is 19.1. The van der Waals surface area contributed by atoms with E-state index in [0.717, 1.165) is 41.3 Å². The van der Waals surface area contributed by atoms with Gasteiger partial charge in [0.25, 0.3) is 5.91 Å². The number of benzene rings is 2. The zero-order valence-electron chi connectivity index (χ0n) is 19.4. The molecule has 2 aromatic carbocycles. The Morgan fingerprint density at radius 1 is 1.06 bits per heavy atom. The minimum absolute atomic E-state index is 0.144. The summed E-state index contributed by atoms with van der Waals surface area (Å²) in [5.74, 6) is 0.298. The van der Waals surface area contributed by atoms with Crippen molar-refractivity contribution in [1.29, 1.82) is 0 Å². The van der Waals surface area contributed by atoms with Gasteiger partial charge in [-0.3, -0.25) is 4.79 Å². The molecule has 2 aliphatic heterocycles. The lowest BCUT2D eigenvalue weighted by atomic mass is 9.85. The van der Waals surface area contributed by atoms with E-state index in [2.05, 4.69) is 21.3 Å². The average molecular weight is 456 g/mol. The smallest absolute Gasteiger partial charge is 0.256 e. The van der Waals surface area contributed by atoms with Crippen molar-refractivity contribution in [1.82, 2.24) is 9.88 Å². The molecule has 1 fully saturated rings. The highest BCUT2D eigenvalue weighted by molar-refractivity contribution is 6.36. The average Bonchev–Trinajstić information content (AvgIpc) is 3.57. The third-order valence-corrected chi connectivity index (χ3v) is 7.67. The van der Waals surface area contributed by atoms with Crippen molar-refractivity contribution in [2.45, 2.75) is 38.5 Å². The molecule has 1 atom stereocenters. The first-order chi connectivity index (χ1) is 16.7. The maximum atomic E-state index is 14.6. The lowest BCUT2D eigenvalue weighted by Gasteiger charge is -2.24. The Kier molecular flexibility index (Phi) is 5.58. The number of nitrogens with one attached hydrogen (secondary N) is 2. The van der Waals surface area contributed by atoms with Crippen LogP contribution in [0.15, 0.2) is 48.5 Å². The van der Waals surface area contributed by atoms with Gasteiger partial charge in [0.15, 0.2) is 0 Å². The number of hydrogen-bond acceptors (Lipinski definition) is 2. The van der Waals surface area contributed by atoms with E-state index in [0.29, 0.717) is 11.1 Å². The van der Waals surface area contributed by atoms with Crippen LogP contribution in [0.25, 0.3) is 22.8 Å². The number of carbonyl (C=O) groups is 1. The van der Waals surface area contributed by atoms with Crippen molar-refractivity contribution in [3.05, 3.63) is 76.9 Å². The number of anilines is 1. The van der Waals surface area contributed by atoms with E-state index in [1.165, 1.54) is 62.6 Å². The van der Waals surface area contributed by atoms with Crippen molar-refractivity contribution in [2.24, 2.45) is 5.92 Å². The van der Waals surface area contributed by atoms with Crippen LogP contribution in [0.5, 0.6) is 0 Å². The molecule has 5 heteroatoms. The van der Waals surface area contributed by atoms with Crippen LogP contribution in [-0.2, 0) is 17.6 Å². The van der Waals surface area contributed by atoms with Crippen LogP contribution < -0.4 is 5.32 Å². The van der Waals surface area contributed by atoms with Crippen LogP contribution in [-0.4, -0.2) is 35.4 Å². The molecule has 1 unspecified atom stereocenters. The zero-order chi connectivity index (χ0) is 23.1. The van der Waals surface area contributed by atoms with Crippen LogP contribution in [0.3, 0.4) is 0 Å². The van der Waals surface area contributed by atoms with Gasteiger partial charge in [0.2, 0.25) is 0 Å². The van der Waals surface area contributed by atoms with Gasteiger partial charge in [-0.2, -0.15) is 0 Å². The van der Waals surface area contributed by atoms with E-state index in [1.54, 1.807) is 12.1 Å². The molecule has 6 rings (SSSR count). The van der Waals surface area contributed by atoms with Gasteiger partial charge in [-0.05, 0) is 99.5 Å². The van der Waals surface area contributed by atoms with Crippen molar-refractivity contribution in [2.75, 3.05) is 25.0 Å². The van der Waals surface area contributed by atoms with Crippen LogP contribution in [0, 0.1) is 11.7 Å². The Balaban J connectivity index is 1.28. The van der Waals surface area contributed by atoms with E-state index in [-0.39, 0.29) is 11.7 Å². The fourth-order valence-corrected chi connectivity index (χ4v) is 5.87. The summed E-state index contributed by atoms with van der Waals surface area (Å²) in [6.45, 7) is 3.74. The third-order valence-electron chi connectivity index (χ3n) is 7.67. The summed E-state index contributed by atoms with van der Waals surface area (Å²) >= 11 is 0. The topological polar surface area (TPSA) is 48.1 Å². The molecule has 4 nitrogen and oxygen atoms in total. The number of likely N-dealkylation sites (tertiary alicyclic amines) is 1. The lowest BCUT2D eigenvalue weighted by molar-refractivity contribution is -0.110. The van der Waals surface area contributed by atoms with Gasteiger partial charge >= 0.3 is 0 Å². The molecule has 1 aliphatic carbocycles.